The molecule has 0 bridgehead atoms. The summed E-state index contributed by atoms with van der Waals surface area (Å²) in [6, 6.07) is 6.19. The maximum absolute atomic E-state index is 10.4. The fourth-order valence-electron chi connectivity index (χ4n) is 0.789. The third-order valence-corrected chi connectivity index (χ3v) is 1.38. The van der Waals surface area contributed by atoms with Crippen LogP contribution in [0.4, 0.5) is 5.69 Å². The number of nitrogens with zero attached hydrogens (tertiary/aromatic N) is 1. The van der Waals surface area contributed by atoms with Crippen LogP contribution in [0.3, 0.4) is 0 Å². The van der Waals surface area contributed by atoms with Gasteiger partial charge >= 0.3 is 0 Å². The van der Waals surface area contributed by atoms with E-state index in [2.05, 4.69) is 11.3 Å². The summed E-state index contributed by atoms with van der Waals surface area (Å²) in [6.07, 6.45) is 0. The Morgan fingerprint density at radius 1 is 1.42 bits per heavy atom. The van der Waals surface area contributed by atoms with Gasteiger partial charge in [-0.2, -0.15) is 0 Å². The molecule has 0 fully saturated rings. The molecular weight excluding hydrogens is 178 g/mol. The van der Waals surface area contributed by atoms with Gasteiger partial charge in [-0.15, -0.1) is 0 Å². The number of hydrogen-bond acceptors (Lipinski definition) is 2. The first kappa shape index (κ1) is 8.57. The summed E-state index contributed by atoms with van der Waals surface area (Å²) in [5.74, 6) is 2.43. The molecule has 0 saturated carbocycles. The number of nitro groups is 1. The Labute approximate surface area is 74.1 Å². The minimum Gasteiger partial charge on any atom is -0.258 e. The van der Waals surface area contributed by atoms with Crippen LogP contribution >= 0.6 is 11.6 Å². The number of hydrogen-bond donors (Lipinski definition) is 0. The van der Waals surface area contributed by atoms with Crippen molar-refractivity contribution in [1.29, 1.82) is 0 Å². The minimum absolute atomic E-state index is 0.0225. The van der Waals surface area contributed by atoms with E-state index in [0.29, 0.717) is 5.56 Å². The van der Waals surface area contributed by atoms with Crippen molar-refractivity contribution in [2.75, 3.05) is 0 Å². The van der Waals surface area contributed by atoms with Crippen molar-refractivity contribution < 1.29 is 4.92 Å². The van der Waals surface area contributed by atoms with Crippen LogP contribution in [0.25, 0.3) is 0 Å². The van der Waals surface area contributed by atoms with Crippen molar-refractivity contribution in [1.82, 2.24) is 0 Å². The molecule has 0 heterocycles. The Balaban J connectivity index is 3.23. The van der Waals surface area contributed by atoms with Crippen LogP contribution in [-0.2, 0) is 0 Å². The van der Waals surface area contributed by atoms with Crippen LogP contribution in [0.15, 0.2) is 24.3 Å². The van der Waals surface area contributed by atoms with Gasteiger partial charge in [-0.25, -0.2) is 0 Å². The Morgan fingerprint density at radius 2 is 2.08 bits per heavy atom. The molecule has 0 saturated heterocycles. The van der Waals surface area contributed by atoms with Crippen LogP contribution in [0.2, 0.25) is 0 Å². The Hall–Kier alpha value is -1.53. The summed E-state index contributed by atoms with van der Waals surface area (Å²) in [6.45, 7) is 0. The van der Waals surface area contributed by atoms with Gasteiger partial charge < -0.3 is 0 Å². The Bertz CT molecular complexity index is 365. The maximum Gasteiger partial charge on any atom is 0.284 e. The molecule has 0 radical (unpaired) electrons. The first-order valence-corrected chi connectivity index (χ1v) is 3.48. The third-order valence-electron chi connectivity index (χ3n) is 1.28. The molecule has 0 spiro atoms. The fourth-order valence-corrected chi connectivity index (χ4v) is 0.891. The number of nitro benzene ring substituents is 1. The molecular formula is C8H4ClNO2. The second kappa shape index (κ2) is 3.74. The molecule has 1 aromatic carbocycles. The summed E-state index contributed by atoms with van der Waals surface area (Å²) in [7, 11) is 0. The molecule has 0 aliphatic heterocycles. The number of halogens is 1. The Morgan fingerprint density at radius 3 is 2.67 bits per heavy atom. The zero-order valence-corrected chi connectivity index (χ0v) is 6.71. The molecule has 3 nitrogen and oxygen atoms in total. The van der Waals surface area contributed by atoms with Gasteiger partial charge in [-0.3, -0.25) is 10.1 Å². The first-order valence-electron chi connectivity index (χ1n) is 3.11. The van der Waals surface area contributed by atoms with E-state index in [9.17, 15) is 10.1 Å². The van der Waals surface area contributed by atoms with Crippen molar-refractivity contribution >= 4 is 17.3 Å². The van der Waals surface area contributed by atoms with E-state index < -0.39 is 4.92 Å². The van der Waals surface area contributed by atoms with Crippen molar-refractivity contribution in [2.24, 2.45) is 0 Å². The summed E-state index contributed by atoms with van der Waals surface area (Å²) in [5, 5.41) is 12.5. The number of benzene rings is 1. The highest BCUT2D eigenvalue weighted by molar-refractivity contribution is 6.30. The average Bonchev–Trinajstić information content (AvgIpc) is 2.05. The second-order valence-electron chi connectivity index (χ2n) is 1.99. The van der Waals surface area contributed by atoms with E-state index >= 15 is 0 Å². The lowest BCUT2D eigenvalue weighted by Crippen LogP contribution is -1.90. The van der Waals surface area contributed by atoms with Gasteiger partial charge in [-0.05, 0) is 23.6 Å². The molecule has 0 unspecified atom stereocenters. The highest BCUT2D eigenvalue weighted by Gasteiger charge is 2.08. The molecule has 0 N–H and O–H groups in total. The average molecular weight is 182 g/mol. The lowest BCUT2D eigenvalue weighted by Gasteiger charge is -1.92. The molecule has 60 valence electrons. The zero-order chi connectivity index (χ0) is 8.97. The third kappa shape index (κ3) is 1.74. The predicted octanol–water partition coefficient (Wildman–Crippen LogP) is 2.14. The summed E-state index contributed by atoms with van der Waals surface area (Å²) >= 11 is 5.13. The van der Waals surface area contributed by atoms with E-state index in [-0.39, 0.29) is 5.69 Å². The summed E-state index contributed by atoms with van der Waals surface area (Å²) in [4.78, 5) is 9.90. The first-order chi connectivity index (χ1) is 5.75. The van der Waals surface area contributed by atoms with Gasteiger partial charge in [0, 0.05) is 11.4 Å². The molecule has 4 heteroatoms. The molecule has 1 aromatic rings. The second-order valence-corrected chi connectivity index (χ2v) is 2.18. The monoisotopic (exact) mass is 181 g/mol. The van der Waals surface area contributed by atoms with E-state index in [1.54, 1.807) is 18.2 Å². The molecule has 12 heavy (non-hydrogen) atoms. The quantitative estimate of drug-likeness (QED) is 0.379. The Kier molecular flexibility index (Phi) is 2.67. The summed E-state index contributed by atoms with van der Waals surface area (Å²) < 4.78 is 0. The van der Waals surface area contributed by atoms with Crippen LogP contribution < -0.4 is 0 Å². The molecule has 0 aliphatic carbocycles. The van der Waals surface area contributed by atoms with E-state index in [0.717, 1.165) is 0 Å². The highest BCUT2D eigenvalue weighted by Crippen LogP contribution is 2.15. The predicted molar refractivity (Wildman–Crippen MR) is 45.8 cm³/mol. The molecule has 0 amide bonds. The highest BCUT2D eigenvalue weighted by atomic mass is 35.5. The van der Waals surface area contributed by atoms with Crippen LogP contribution in [0.5, 0.6) is 0 Å². The maximum atomic E-state index is 10.4. The lowest BCUT2D eigenvalue weighted by atomic mass is 10.2. The van der Waals surface area contributed by atoms with Gasteiger partial charge in [0.15, 0.2) is 0 Å². The van der Waals surface area contributed by atoms with Crippen molar-refractivity contribution in [3.63, 3.8) is 0 Å². The smallest absolute Gasteiger partial charge is 0.258 e. The van der Waals surface area contributed by atoms with Gasteiger partial charge in [-0.1, -0.05) is 12.1 Å². The van der Waals surface area contributed by atoms with Crippen molar-refractivity contribution in [3.8, 4) is 11.3 Å². The van der Waals surface area contributed by atoms with Crippen molar-refractivity contribution in [3.05, 3.63) is 39.9 Å². The van der Waals surface area contributed by atoms with Gasteiger partial charge in [0.2, 0.25) is 0 Å². The molecule has 0 aromatic heterocycles. The topological polar surface area (TPSA) is 43.1 Å². The van der Waals surface area contributed by atoms with Gasteiger partial charge in [0.1, 0.15) is 5.56 Å². The normalized spacial score (nSPS) is 8.42. The molecule has 0 atom stereocenters. The standard InChI is InChI=1S/C8H4ClNO2/c9-6-5-7-3-1-2-4-8(7)10(11)12/h1-4H. The largest absolute Gasteiger partial charge is 0.284 e. The van der Waals surface area contributed by atoms with Crippen LogP contribution in [0, 0.1) is 21.4 Å². The molecule has 0 aliphatic rings. The zero-order valence-electron chi connectivity index (χ0n) is 5.95. The van der Waals surface area contributed by atoms with Crippen molar-refractivity contribution in [2.45, 2.75) is 0 Å². The molecule has 1 rings (SSSR count). The van der Waals surface area contributed by atoms with E-state index in [1.165, 1.54) is 6.07 Å². The van der Waals surface area contributed by atoms with Gasteiger partial charge in [0.05, 0.1) is 4.92 Å². The fraction of sp³-hybridized carbons (Fsp3) is 0. The van der Waals surface area contributed by atoms with E-state index in [1.807, 2.05) is 0 Å². The number of para-hydroxylation sites is 1. The van der Waals surface area contributed by atoms with Crippen LogP contribution in [0.1, 0.15) is 5.56 Å². The summed E-state index contributed by atoms with van der Waals surface area (Å²) in [5.41, 5.74) is 0.308. The van der Waals surface area contributed by atoms with Crippen LogP contribution in [-0.4, -0.2) is 4.92 Å². The van der Waals surface area contributed by atoms with E-state index in [4.69, 9.17) is 11.6 Å². The number of rotatable bonds is 1. The lowest BCUT2D eigenvalue weighted by molar-refractivity contribution is -0.385. The minimum atomic E-state index is -0.490. The van der Waals surface area contributed by atoms with Gasteiger partial charge in [0.25, 0.3) is 5.69 Å². The SMILES string of the molecule is O=[N+]([O-])c1ccccc1C#CCl.